The van der Waals surface area contributed by atoms with Gasteiger partial charge in [0.05, 0.1) is 32.8 Å². The summed E-state index contributed by atoms with van der Waals surface area (Å²) in [5.41, 5.74) is 0.239. The molecule has 1 rings (SSSR count). The number of phenols is 1. The van der Waals surface area contributed by atoms with E-state index < -0.39 is 56.0 Å². The molecule has 0 aliphatic rings. The second kappa shape index (κ2) is 25.0. The number of benzene rings is 1. The van der Waals surface area contributed by atoms with Crippen molar-refractivity contribution in [2.24, 2.45) is 5.92 Å². The van der Waals surface area contributed by atoms with Crippen LogP contribution in [0.2, 0.25) is 0 Å². The molecule has 5 N–H and O–H groups in total. The zero-order chi connectivity index (χ0) is 29.1. The molecule has 0 saturated carbocycles. The fraction of sp³-hybridized carbons (Fsp3) is 0.560. The molecule has 1 aromatic carbocycles. The van der Waals surface area contributed by atoms with E-state index in [-0.39, 0.29) is 83.5 Å². The molecule has 0 aromatic heterocycles. The van der Waals surface area contributed by atoms with Crippen LogP contribution in [0.1, 0.15) is 49.9 Å². The normalized spacial score (nSPS) is 10.8. The number of aliphatic carboxylic acids is 4. The van der Waals surface area contributed by atoms with Gasteiger partial charge < -0.3 is 30.3 Å². The van der Waals surface area contributed by atoms with E-state index in [1.807, 2.05) is 0 Å². The van der Waals surface area contributed by atoms with Gasteiger partial charge in [-0.2, -0.15) is 0 Å². The number of aromatic hydroxyl groups is 1. The predicted octanol–water partition coefficient (Wildman–Crippen LogP) is 0.397. The van der Waals surface area contributed by atoms with Crippen LogP contribution < -0.4 is 0 Å². The second-order valence-electron chi connectivity index (χ2n) is 8.53. The maximum absolute atomic E-state index is 11.8. The van der Waals surface area contributed by atoms with Crippen molar-refractivity contribution in [1.29, 1.82) is 0 Å². The number of ether oxygens (including phenoxy) is 1. The van der Waals surface area contributed by atoms with Crippen molar-refractivity contribution in [3.8, 4) is 5.75 Å². The number of carboxylic acids is 4. The molecule has 0 saturated heterocycles. The van der Waals surface area contributed by atoms with Crippen molar-refractivity contribution in [3.63, 3.8) is 0 Å². The first kappa shape index (κ1) is 42.8. The topological polar surface area (TPSA) is 202 Å². The average Bonchev–Trinajstić information content (AvgIpc) is 2.81. The van der Waals surface area contributed by atoms with E-state index in [0.717, 1.165) is 35.5 Å². The van der Waals surface area contributed by atoms with Crippen LogP contribution in [-0.4, -0.2) is 170 Å². The molecule has 0 aliphatic carbocycles. The molecule has 0 fully saturated rings. The second-order valence-corrected chi connectivity index (χ2v) is 8.53. The minimum atomic E-state index is -1.23. The van der Waals surface area contributed by atoms with Crippen LogP contribution in [0.25, 0.3) is 0 Å². The van der Waals surface area contributed by atoms with Crippen LogP contribution in [0.4, 0.5) is 0 Å². The fourth-order valence-electron chi connectivity index (χ4n) is 3.29. The average molecular weight is 591 g/mol. The Morgan fingerprint density at radius 2 is 1.20 bits per heavy atom. The molecule has 1 aromatic rings. The third kappa shape index (κ3) is 22.0. The molecular weight excluding hydrogens is 550 g/mol. The molecule has 0 bridgehead atoms. The van der Waals surface area contributed by atoms with E-state index in [0.29, 0.717) is 12.5 Å². The summed E-state index contributed by atoms with van der Waals surface area (Å²) in [6, 6.07) is 6.46. The molecule has 0 heterocycles. The number of hydrogen-bond donors (Lipinski definition) is 5. The van der Waals surface area contributed by atoms with Gasteiger partial charge in [-0.05, 0) is 24.5 Å². The first-order valence-corrected chi connectivity index (χ1v) is 12.2. The number of nitrogens with zero attached hydrogens (tertiary/aromatic N) is 2. The molecule has 0 radical (unpaired) electrons. The van der Waals surface area contributed by atoms with Gasteiger partial charge in [0, 0.05) is 13.1 Å². The van der Waals surface area contributed by atoms with Crippen LogP contribution in [0.15, 0.2) is 24.3 Å². The van der Waals surface area contributed by atoms with Crippen LogP contribution in [0, 0.1) is 5.92 Å². The number of rotatable bonds is 18. The van der Waals surface area contributed by atoms with E-state index in [2.05, 4.69) is 13.8 Å². The van der Waals surface area contributed by atoms with Crippen molar-refractivity contribution in [2.45, 2.75) is 39.5 Å². The van der Waals surface area contributed by atoms with Gasteiger partial charge in [0.15, 0.2) is 0 Å². The van der Waals surface area contributed by atoms with E-state index >= 15 is 0 Å². The van der Waals surface area contributed by atoms with Crippen LogP contribution in [-0.2, 0) is 23.9 Å². The number of phenolic OH excluding ortho intramolecular Hbond substituents is 1. The summed E-state index contributed by atoms with van der Waals surface area (Å²) in [6.07, 6.45) is 4.41. The summed E-state index contributed by atoms with van der Waals surface area (Å²) in [5, 5.41) is 44.0. The van der Waals surface area contributed by atoms with E-state index in [4.69, 9.17) is 25.2 Å². The van der Waals surface area contributed by atoms with E-state index in [1.165, 1.54) is 6.07 Å². The molecule has 0 spiro atoms. The standard InChI is InChI=1S/C15H22O3.C10H16N2O8.2Na.2H/c1-3-5-8-12(4-2)11-18-15(17)13-9-6-7-10-14(13)16;13-7(14)3-11(4-8(15)16)1-2-12(5-9(17)18)6-10(19)20;;;;/h6-7,9-10,12,16H,3-5,8,11H2,1-2H3;1-6H2,(H,13,14)(H,15,16)(H,17,18)(H,19,20);;;;. The molecule has 1 unspecified atom stereocenters. The van der Waals surface area contributed by atoms with E-state index in [1.54, 1.807) is 18.2 Å². The van der Waals surface area contributed by atoms with Crippen molar-refractivity contribution >= 4 is 89.0 Å². The number of para-hydroxylation sites is 1. The Morgan fingerprint density at radius 1 is 0.775 bits per heavy atom. The van der Waals surface area contributed by atoms with Gasteiger partial charge in [-0.15, -0.1) is 0 Å². The third-order valence-corrected chi connectivity index (χ3v) is 5.29. The molecule has 40 heavy (non-hydrogen) atoms. The molecular formula is C25H40N2Na2O11. The monoisotopic (exact) mass is 590 g/mol. The predicted molar refractivity (Wildman–Crippen MR) is 149 cm³/mol. The van der Waals surface area contributed by atoms with Crippen molar-refractivity contribution in [1.82, 2.24) is 9.80 Å². The van der Waals surface area contributed by atoms with Crippen LogP contribution >= 0.6 is 0 Å². The first-order valence-electron chi connectivity index (χ1n) is 12.2. The summed E-state index contributed by atoms with van der Waals surface area (Å²) in [6.45, 7) is 2.44. The Labute approximate surface area is 278 Å². The molecule has 0 amide bonds. The number of carbonyl (C=O) groups excluding carboxylic acids is 1. The van der Waals surface area contributed by atoms with Gasteiger partial charge in [0.25, 0.3) is 0 Å². The molecule has 13 nitrogen and oxygen atoms in total. The number of carboxylic acid groups (broad SMARTS) is 4. The van der Waals surface area contributed by atoms with Crippen molar-refractivity contribution in [3.05, 3.63) is 29.8 Å². The van der Waals surface area contributed by atoms with Gasteiger partial charge >= 0.3 is 89.0 Å². The van der Waals surface area contributed by atoms with Gasteiger partial charge in [-0.25, -0.2) is 4.79 Å². The van der Waals surface area contributed by atoms with E-state index in [9.17, 15) is 29.1 Å². The summed E-state index contributed by atoms with van der Waals surface area (Å²) >= 11 is 0. The van der Waals surface area contributed by atoms with Crippen LogP contribution in [0.5, 0.6) is 5.75 Å². The zero-order valence-corrected chi connectivity index (χ0v) is 21.7. The number of carbonyl (C=O) groups is 5. The quantitative estimate of drug-likeness (QED) is 0.116. The summed E-state index contributed by atoms with van der Waals surface area (Å²) in [5.74, 6) is -4.96. The Balaban J connectivity index is -0.000000654. The van der Waals surface area contributed by atoms with Crippen molar-refractivity contribution < 1.29 is 54.2 Å². The van der Waals surface area contributed by atoms with Gasteiger partial charge in [0.1, 0.15) is 11.3 Å². The molecule has 1 atom stereocenters. The minimum absolute atomic E-state index is 0. The number of esters is 1. The molecule has 0 aliphatic heterocycles. The maximum atomic E-state index is 11.8. The van der Waals surface area contributed by atoms with Gasteiger partial charge in [-0.3, -0.25) is 29.0 Å². The molecule has 15 heteroatoms. The third-order valence-electron chi connectivity index (χ3n) is 5.29. The zero-order valence-electron chi connectivity index (χ0n) is 21.7. The number of hydrogen-bond acceptors (Lipinski definition) is 9. The van der Waals surface area contributed by atoms with Gasteiger partial charge in [-0.1, -0.05) is 45.2 Å². The first-order chi connectivity index (χ1) is 17.9. The van der Waals surface area contributed by atoms with Gasteiger partial charge in [0.2, 0.25) is 0 Å². The summed E-state index contributed by atoms with van der Waals surface area (Å²) in [4.78, 5) is 56.1. The van der Waals surface area contributed by atoms with Crippen molar-refractivity contribution in [2.75, 3.05) is 45.9 Å². The Kier molecular flexibility index (Phi) is 26.8. The number of unbranched alkanes of at least 4 members (excludes halogenated alkanes) is 1. The summed E-state index contributed by atoms with van der Waals surface area (Å²) in [7, 11) is 0. The van der Waals surface area contributed by atoms with Crippen LogP contribution in [0.3, 0.4) is 0 Å². The molecule has 218 valence electrons. The summed E-state index contributed by atoms with van der Waals surface area (Å²) < 4.78 is 5.26. The Bertz CT molecular complexity index is 851. The fourth-order valence-corrected chi connectivity index (χ4v) is 3.29. The Morgan fingerprint density at radius 3 is 1.55 bits per heavy atom. The Hall–Kier alpha value is -1.71. The SMILES string of the molecule is CCCCC(CC)COC(=O)c1ccccc1O.O=C(O)CN(CCN(CC(=O)O)CC(=O)O)CC(=O)O.[NaH].[NaH].